The highest BCUT2D eigenvalue weighted by atomic mass is 16.4. The van der Waals surface area contributed by atoms with Gasteiger partial charge in [-0.1, -0.05) is 68.4 Å². The summed E-state index contributed by atoms with van der Waals surface area (Å²) in [6, 6.07) is 20.3. The lowest BCUT2D eigenvalue weighted by molar-refractivity contribution is -0.139. The minimum atomic E-state index is -0.942. The Morgan fingerprint density at radius 2 is 1.49 bits per heavy atom. The topological polar surface area (TPSA) is 133 Å². The quantitative estimate of drug-likeness (QED) is 0.230. The van der Waals surface area contributed by atoms with Crippen molar-refractivity contribution >= 4 is 23.7 Å². The van der Waals surface area contributed by atoms with Gasteiger partial charge in [-0.25, -0.2) is 9.97 Å². The Balaban J connectivity index is 1.53. The lowest BCUT2D eigenvalue weighted by atomic mass is 9.85. The van der Waals surface area contributed by atoms with Crippen molar-refractivity contribution in [3.05, 3.63) is 78.6 Å². The molecule has 0 unspecified atom stereocenters. The third kappa shape index (κ3) is 10.6. The van der Waals surface area contributed by atoms with Gasteiger partial charge in [0.05, 0.1) is 6.42 Å². The predicted octanol–water partition coefficient (Wildman–Crippen LogP) is 4.24. The van der Waals surface area contributed by atoms with E-state index in [1.165, 1.54) is 0 Å². The second-order valence-electron chi connectivity index (χ2n) is 10.3. The zero-order valence-electron chi connectivity index (χ0n) is 22.5. The van der Waals surface area contributed by atoms with Crippen molar-refractivity contribution < 1.29 is 19.5 Å². The number of benzene rings is 2. The summed E-state index contributed by atoms with van der Waals surface area (Å²) in [6.45, 7) is 4.74. The number of anilines is 1. The van der Waals surface area contributed by atoms with E-state index < -0.39 is 11.4 Å². The number of carboxylic acids is 1. The number of hydrogen-bond donors (Lipinski definition) is 4. The highest BCUT2D eigenvalue weighted by molar-refractivity contribution is 5.80. The summed E-state index contributed by atoms with van der Waals surface area (Å²) in [5, 5.41) is 17.9. The Morgan fingerprint density at radius 3 is 2.15 bits per heavy atom. The lowest BCUT2D eigenvalue weighted by Gasteiger charge is -2.21. The molecule has 1 atom stereocenters. The molecule has 2 aromatic carbocycles. The van der Waals surface area contributed by atoms with Crippen LogP contribution in [0.1, 0.15) is 51.0 Å². The maximum absolute atomic E-state index is 12.5. The van der Waals surface area contributed by atoms with E-state index in [9.17, 15) is 14.4 Å². The molecule has 2 amide bonds. The number of rotatable bonds is 15. The zero-order chi connectivity index (χ0) is 28.1. The molecule has 0 aliphatic carbocycles. The summed E-state index contributed by atoms with van der Waals surface area (Å²) in [7, 11) is 0. The number of nitrogens with one attached hydrogen (secondary N) is 3. The number of aliphatic carboxylic acids is 1. The Hall–Kier alpha value is -4.27. The largest absolute Gasteiger partial charge is 0.481 e. The van der Waals surface area contributed by atoms with Gasteiger partial charge in [-0.2, -0.15) is 0 Å². The summed E-state index contributed by atoms with van der Waals surface area (Å²) < 4.78 is 0. The van der Waals surface area contributed by atoms with Crippen LogP contribution in [0.15, 0.2) is 73.1 Å². The molecule has 0 fully saturated rings. The Morgan fingerprint density at radius 1 is 0.821 bits per heavy atom. The number of aromatic nitrogens is 2. The summed E-state index contributed by atoms with van der Waals surface area (Å²) in [6.07, 6.45) is 4.24. The molecule has 9 heteroatoms. The molecule has 0 aliphatic heterocycles. The molecule has 0 spiro atoms. The van der Waals surface area contributed by atoms with Crippen LogP contribution in [0.4, 0.5) is 5.95 Å². The maximum atomic E-state index is 12.5. The highest BCUT2D eigenvalue weighted by Gasteiger charge is 2.25. The molecule has 0 aliphatic rings. The molecular formula is C30H37N5O4. The molecule has 0 saturated heterocycles. The van der Waals surface area contributed by atoms with E-state index in [1.54, 1.807) is 32.3 Å². The Bertz CT molecular complexity index is 1200. The number of nitrogens with zero attached hydrogens (tertiary/aromatic N) is 2. The number of amides is 2. The molecular weight excluding hydrogens is 494 g/mol. The van der Waals surface area contributed by atoms with Gasteiger partial charge in [0, 0.05) is 50.8 Å². The lowest BCUT2D eigenvalue weighted by Crippen LogP contribution is -2.35. The molecule has 0 bridgehead atoms. The Labute approximate surface area is 229 Å². The van der Waals surface area contributed by atoms with E-state index >= 15 is 0 Å². The van der Waals surface area contributed by atoms with Crippen LogP contribution in [0.3, 0.4) is 0 Å². The van der Waals surface area contributed by atoms with E-state index in [0.29, 0.717) is 19.0 Å². The normalized spacial score (nSPS) is 11.8. The third-order valence-corrected chi connectivity index (χ3v) is 6.32. The molecule has 3 aromatic rings. The van der Waals surface area contributed by atoms with Crippen molar-refractivity contribution in [3.8, 4) is 11.1 Å². The molecule has 206 valence electrons. The average Bonchev–Trinajstić information content (AvgIpc) is 2.90. The maximum Gasteiger partial charge on any atom is 0.303 e. The van der Waals surface area contributed by atoms with Crippen LogP contribution < -0.4 is 16.0 Å². The van der Waals surface area contributed by atoms with Gasteiger partial charge < -0.3 is 21.1 Å². The van der Waals surface area contributed by atoms with Crippen LogP contribution in [-0.4, -0.2) is 52.5 Å². The minimum absolute atomic E-state index is 0.0568. The molecule has 3 rings (SSSR count). The molecule has 9 nitrogen and oxygen atoms in total. The van der Waals surface area contributed by atoms with Gasteiger partial charge >= 0.3 is 5.97 Å². The molecule has 1 heterocycles. The van der Waals surface area contributed by atoms with Gasteiger partial charge in [0.2, 0.25) is 17.8 Å². The van der Waals surface area contributed by atoms with Crippen LogP contribution in [0.5, 0.6) is 0 Å². The summed E-state index contributed by atoms with van der Waals surface area (Å²) in [5.74, 6) is -0.753. The summed E-state index contributed by atoms with van der Waals surface area (Å²) in [5.41, 5.74) is 2.73. The first-order chi connectivity index (χ1) is 18.7. The van der Waals surface area contributed by atoms with Gasteiger partial charge in [-0.05, 0) is 34.6 Å². The molecule has 0 radical (unpaired) electrons. The summed E-state index contributed by atoms with van der Waals surface area (Å²) >= 11 is 0. The fraction of sp³-hybridized carbons (Fsp3) is 0.367. The van der Waals surface area contributed by atoms with Crippen molar-refractivity contribution in [2.75, 3.05) is 25.0 Å². The first-order valence-electron chi connectivity index (χ1n) is 13.1. The highest BCUT2D eigenvalue weighted by Crippen LogP contribution is 2.25. The van der Waals surface area contributed by atoms with Crippen molar-refractivity contribution in [3.63, 3.8) is 0 Å². The van der Waals surface area contributed by atoms with E-state index in [0.717, 1.165) is 23.1 Å². The monoisotopic (exact) mass is 531 g/mol. The SMILES string of the molecule is CC(C)(CC(=O)O)CC(=O)NCCC(=O)NC[C@@H](CCNc1ncccn1)c1ccc(-c2ccccc2)cc1. The minimum Gasteiger partial charge on any atom is -0.481 e. The van der Waals surface area contributed by atoms with Crippen molar-refractivity contribution in [2.24, 2.45) is 5.41 Å². The van der Waals surface area contributed by atoms with Crippen LogP contribution in [0.2, 0.25) is 0 Å². The third-order valence-electron chi connectivity index (χ3n) is 6.32. The van der Waals surface area contributed by atoms with Gasteiger partial charge in [0.1, 0.15) is 0 Å². The predicted molar refractivity (Wildman–Crippen MR) is 151 cm³/mol. The first-order valence-corrected chi connectivity index (χ1v) is 13.1. The molecule has 0 saturated carbocycles. The second-order valence-corrected chi connectivity index (χ2v) is 10.3. The smallest absolute Gasteiger partial charge is 0.303 e. The van der Waals surface area contributed by atoms with Crippen molar-refractivity contribution in [1.82, 2.24) is 20.6 Å². The first kappa shape index (κ1) is 29.3. The van der Waals surface area contributed by atoms with Gasteiger partial charge in [0.15, 0.2) is 0 Å². The van der Waals surface area contributed by atoms with E-state index in [4.69, 9.17) is 5.11 Å². The molecule has 39 heavy (non-hydrogen) atoms. The van der Waals surface area contributed by atoms with Crippen molar-refractivity contribution in [2.45, 2.75) is 45.4 Å². The van der Waals surface area contributed by atoms with Crippen molar-refractivity contribution in [1.29, 1.82) is 0 Å². The van der Waals surface area contributed by atoms with Crippen LogP contribution in [0, 0.1) is 5.41 Å². The van der Waals surface area contributed by atoms with Gasteiger partial charge in [0.25, 0.3) is 0 Å². The fourth-order valence-electron chi connectivity index (χ4n) is 4.32. The summed E-state index contributed by atoms with van der Waals surface area (Å²) in [4.78, 5) is 44.1. The van der Waals surface area contributed by atoms with E-state index in [1.807, 2.05) is 18.2 Å². The van der Waals surface area contributed by atoms with E-state index in [-0.39, 0.29) is 43.5 Å². The number of hydrogen-bond acceptors (Lipinski definition) is 6. The average molecular weight is 532 g/mol. The second kappa shape index (κ2) is 14.6. The number of carboxylic acid groups (broad SMARTS) is 1. The standard InChI is InChI=1S/C30H37N5O4/c1-30(2,20-28(38)39)19-27(37)31-18-14-26(36)35-21-25(13-17-34-29-32-15-6-16-33-29)24-11-9-23(10-12-24)22-7-4-3-5-8-22/h3-12,15-16,25H,13-14,17-21H2,1-2H3,(H,31,37)(H,35,36)(H,38,39)(H,32,33,34)/t25-/m1/s1. The Kier molecular flexibility index (Phi) is 11.0. The van der Waals surface area contributed by atoms with Crippen LogP contribution in [0.25, 0.3) is 11.1 Å². The number of carbonyl (C=O) groups excluding carboxylic acids is 2. The van der Waals surface area contributed by atoms with Crippen LogP contribution >= 0.6 is 0 Å². The fourth-order valence-corrected chi connectivity index (χ4v) is 4.32. The van der Waals surface area contributed by atoms with Gasteiger partial charge in [-0.3, -0.25) is 14.4 Å². The molecule has 1 aromatic heterocycles. The van der Waals surface area contributed by atoms with Gasteiger partial charge in [-0.15, -0.1) is 0 Å². The van der Waals surface area contributed by atoms with Crippen LogP contribution in [-0.2, 0) is 14.4 Å². The number of carbonyl (C=O) groups is 3. The molecule has 4 N–H and O–H groups in total. The zero-order valence-corrected chi connectivity index (χ0v) is 22.5. The van der Waals surface area contributed by atoms with E-state index in [2.05, 4.69) is 62.3 Å².